The lowest BCUT2D eigenvalue weighted by atomic mass is 10.2. The Kier molecular flexibility index (Phi) is 3.71. The summed E-state index contributed by atoms with van der Waals surface area (Å²) in [6.45, 7) is 4.11. The number of hydrogen-bond acceptors (Lipinski definition) is 1. The van der Waals surface area contributed by atoms with Crippen molar-refractivity contribution in [2.75, 3.05) is 0 Å². The van der Waals surface area contributed by atoms with E-state index in [1.54, 1.807) is 0 Å². The molecule has 2 heteroatoms. The lowest BCUT2D eigenvalue weighted by Gasteiger charge is -1.98. The molecule has 2 rings (SSSR count). The van der Waals surface area contributed by atoms with E-state index in [2.05, 4.69) is 13.0 Å². The van der Waals surface area contributed by atoms with Crippen LogP contribution < -0.4 is 10.6 Å². The molecule has 0 saturated carbocycles. The molecule has 0 N–H and O–H groups in total. The maximum Gasteiger partial charge on any atom is 0.415 e. The van der Waals surface area contributed by atoms with E-state index in [-0.39, 0.29) is 0 Å². The number of hydrogen-bond donors (Lipinski definition) is 0. The van der Waals surface area contributed by atoms with Gasteiger partial charge >= 0.3 is 7.80 Å². The quantitative estimate of drug-likeness (QED) is 0.756. The lowest BCUT2D eigenvalue weighted by molar-refractivity contribution is 0.598. The average Bonchev–Trinajstić information content (AvgIpc) is 2.38. The van der Waals surface area contributed by atoms with Gasteiger partial charge in [-0.1, -0.05) is 47.9 Å². The topological polar surface area (TPSA) is 17.1 Å². The Morgan fingerprint density at radius 1 is 0.941 bits per heavy atom. The van der Waals surface area contributed by atoms with E-state index in [0.717, 1.165) is 22.6 Å². The average molecular weight is 243 g/mol. The summed E-state index contributed by atoms with van der Waals surface area (Å²) in [5, 5.41) is 1.92. The molecule has 0 aliphatic carbocycles. The van der Waals surface area contributed by atoms with Gasteiger partial charge in [0.2, 0.25) is 0 Å². The van der Waals surface area contributed by atoms with E-state index in [1.165, 1.54) is 5.56 Å². The van der Waals surface area contributed by atoms with Crippen molar-refractivity contribution in [3.8, 4) is 0 Å². The zero-order valence-corrected chi connectivity index (χ0v) is 11.1. The Balaban J connectivity index is 2.48. The van der Waals surface area contributed by atoms with E-state index in [0.29, 0.717) is 0 Å². The Labute approximate surface area is 103 Å². The Morgan fingerprint density at radius 2 is 1.53 bits per heavy atom. The second-order valence-electron chi connectivity index (χ2n) is 4.06. The highest BCUT2D eigenvalue weighted by Gasteiger charge is 2.27. The fourth-order valence-electron chi connectivity index (χ4n) is 1.93. The van der Waals surface area contributed by atoms with Crippen molar-refractivity contribution < 1.29 is 4.57 Å². The molecule has 0 aromatic heterocycles. The molecular formula is C15H16OP+. The summed E-state index contributed by atoms with van der Waals surface area (Å²) in [5.74, 6) is 0. The van der Waals surface area contributed by atoms with Crippen molar-refractivity contribution in [1.82, 2.24) is 0 Å². The van der Waals surface area contributed by atoms with E-state index >= 15 is 0 Å². The lowest BCUT2D eigenvalue weighted by Crippen LogP contribution is -2.13. The van der Waals surface area contributed by atoms with Crippen LogP contribution in [0, 0.1) is 6.92 Å². The summed E-state index contributed by atoms with van der Waals surface area (Å²) in [4.78, 5) is 0. The van der Waals surface area contributed by atoms with Crippen molar-refractivity contribution in [2.45, 2.75) is 20.3 Å². The first-order valence-corrected chi connectivity index (χ1v) is 7.10. The molecule has 0 radical (unpaired) electrons. The number of benzene rings is 2. The van der Waals surface area contributed by atoms with Crippen LogP contribution in [0.3, 0.4) is 0 Å². The Bertz CT molecular complexity index is 546. The van der Waals surface area contributed by atoms with Gasteiger partial charge in [-0.3, -0.25) is 0 Å². The molecule has 0 spiro atoms. The van der Waals surface area contributed by atoms with Crippen molar-refractivity contribution in [1.29, 1.82) is 0 Å². The summed E-state index contributed by atoms with van der Waals surface area (Å²) < 4.78 is 12.6. The highest BCUT2D eigenvalue weighted by molar-refractivity contribution is 7.61. The molecule has 1 atom stereocenters. The minimum atomic E-state index is -1.47. The van der Waals surface area contributed by atoms with Gasteiger partial charge in [-0.2, -0.15) is 0 Å². The standard InChI is InChI=1S/C15H16OP/c1-3-13-9-5-7-11-15(13)17(16)14-10-6-4-8-12(14)2/h4-11H,3H2,1-2H3/q+1. The van der Waals surface area contributed by atoms with Gasteiger partial charge in [0.1, 0.15) is 0 Å². The third-order valence-corrected chi connectivity index (χ3v) is 4.74. The molecule has 0 aliphatic heterocycles. The molecule has 0 aliphatic rings. The molecule has 2 aromatic rings. The highest BCUT2D eigenvalue weighted by atomic mass is 31.1. The van der Waals surface area contributed by atoms with Crippen LogP contribution in [-0.2, 0) is 11.0 Å². The second-order valence-corrected chi connectivity index (χ2v) is 5.62. The SMILES string of the molecule is CCc1ccccc1[P+](=O)c1ccccc1C. The summed E-state index contributed by atoms with van der Waals surface area (Å²) >= 11 is 0. The summed E-state index contributed by atoms with van der Waals surface area (Å²) in [6, 6.07) is 15.9. The maximum absolute atomic E-state index is 12.6. The third-order valence-electron chi connectivity index (χ3n) is 2.93. The zero-order chi connectivity index (χ0) is 12.3. The fraction of sp³-hybridized carbons (Fsp3) is 0.200. The molecule has 86 valence electrons. The molecule has 0 heterocycles. The minimum Gasteiger partial charge on any atom is -0.0617 e. The van der Waals surface area contributed by atoms with Gasteiger partial charge in [0.15, 0.2) is 10.6 Å². The maximum atomic E-state index is 12.6. The largest absolute Gasteiger partial charge is 0.415 e. The predicted octanol–water partition coefficient (Wildman–Crippen LogP) is 3.34. The first-order valence-electron chi connectivity index (χ1n) is 5.85. The van der Waals surface area contributed by atoms with Crippen LogP contribution in [0.4, 0.5) is 0 Å². The van der Waals surface area contributed by atoms with Crippen molar-refractivity contribution in [3.63, 3.8) is 0 Å². The fourth-order valence-corrected chi connectivity index (χ4v) is 3.52. The van der Waals surface area contributed by atoms with Gasteiger partial charge in [0.05, 0.1) is 0 Å². The van der Waals surface area contributed by atoms with Gasteiger partial charge in [0, 0.05) is 11.1 Å². The van der Waals surface area contributed by atoms with Crippen LogP contribution in [0.25, 0.3) is 0 Å². The Hall–Kier alpha value is -1.46. The van der Waals surface area contributed by atoms with Gasteiger partial charge in [-0.05, 0) is 25.5 Å². The summed E-state index contributed by atoms with van der Waals surface area (Å²) in [6.07, 6.45) is 0.920. The molecule has 0 fully saturated rings. The van der Waals surface area contributed by atoms with Gasteiger partial charge in [0.25, 0.3) is 0 Å². The Morgan fingerprint density at radius 3 is 2.18 bits per heavy atom. The van der Waals surface area contributed by atoms with Crippen LogP contribution >= 0.6 is 7.80 Å². The molecule has 0 amide bonds. The highest BCUT2D eigenvalue weighted by Crippen LogP contribution is 2.23. The van der Waals surface area contributed by atoms with Gasteiger partial charge < -0.3 is 0 Å². The van der Waals surface area contributed by atoms with Crippen LogP contribution in [-0.4, -0.2) is 0 Å². The van der Waals surface area contributed by atoms with Gasteiger partial charge in [-0.25, -0.2) is 0 Å². The van der Waals surface area contributed by atoms with E-state index in [1.807, 2.05) is 49.4 Å². The molecule has 17 heavy (non-hydrogen) atoms. The molecule has 2 aromatic carbocycles. The van der Waals surface area contributed by atoms with Crippen LogP contribution in [0.15, 0.2) is 48.5 Å². The zero-order valence-electron chi connectivity index (χ0n) is 10.2. The predicted molar refractivity (Wildman–Crippen MR) is 73.9 cm³/mol. The number of rotatable bonds is 3. The number of aryl methyl sites for hydroxylation is 2. The van der Waals surface area contributed by atoms with Crippen molar-refractivity contribution >= 4 is 18.4 Å². The minimum absolute atomic E-state index is 0.920. The van der Waals surface area contributed by atoms with Gasteiger partial charge in [-0.15, -0.1) is 0 Å². The van der Waals surface area contributed by atoms with Crippen molar-refractivity contribution in [2.24, 2.45) is 0 Å². The van der Waals surface area contributed by atoms with Crippen LogP contribution in [0.5, 0.6) is 0 Å². The normalized spacial score (nSPS) is 11.3. The first kappa shape index (κ1) is 12.0. The van der Waals surface area contributed by atoms with Crippen LogP contribution in [0.2, 0.25) is 0 Å². The van der Waals surface area contributed by atoms with E-state index in [4.69, 9.17) is 0 Å². The van der Waals surface area contributed by atoms with E-state index in [9.17, 15) is 4.57 Å². The smallest absolute Gasteiger partial charge is 0.0617 e. The second kappa shape index (κ2) is 5.25. The summed E-state index contributed by atoms with van der Waals surface area (Å²) in [5.41, 5.74) is 2.27. The molecule has 0 saturated heterocycles. The summed E-state index contributed by atoms with van der Waals surface area (Å²) in [7, 11) is -1.47. The monoisotopic (exact) mass is 243 g/mol. The van der Waals surface area contributed by atoms with Crippen LogP contribution in [0.1, 0.15) is 18.1 Å². The first-order chi connectivity index (χ1) is 8.24. The molecular weight excluding hydrogens is 227 g/mol. The molecule has 1 nitrogen and oxygen atoms in total. The van der Waals surface area contributed by atoms with E-state index < -0.39 is 7.80 Å². The van der Waals surface area contributed by atoms with Crippen molar-refractivity contribution in [3.05, 3.63) is 59.7 Å². The molecule has 1 unspecified atom stereocenters. The molecule has 0 bridgehead atoms. The third kappa shape index (κ3) is 2.45.